The first kappa shape index (κ1) is 16.2. The quantitative estimate of drug-likeness (QED) is 0.759. The highest BCUT2D eigenvalue weighted by Gasteiger charge is 2.23. The van der Waals surface area contributed by atoms with Crippen LogP contribution in [0.1, 0.15) is 32.1 Å². The summed E-state index contributed by atoms with van der Waals surface area (Å²) >= 11 is 0. The number of carbonyl (C=O) groups is 3. The summed E-state index contributed by atoms with van der Waals surface area (Å²) in [5.41, 5.74) is 0. The van der Waals surface area contributed by atoms with E-state index in [9.17, 15) is 14.4 Å². The van der Waals surface area contributed by atoms with Crippen LogP contribution in [0.15, 0.2) is 12.2 Å². The van der Waals surface area contributed by atoms with Crippen LogP contribution >= 0.6 is 0 Å². The van der Waals surface area contributed by atoms with Gasteiger partial charge in [-0.15, -0.1) is 0 Å². The van der Waals surface area contributed by atoms with Gasteiger partial charge >= 0.3 is 5.97 Å². The standard InChI is InChI=1S/C14H22N2O4/c1-15(12(17)8-9-14(19)20)10-13(18)16(2)11-6-4-3-5-7-11/h8-9,11H,3-7,10H2,1-2H3,(H,19,20)/b9-8+. The predicted octanol–water partition coefficient (Wildman–Crippen LogP) is 0.877. The predicted molar refractivity (Wildman–Crippen MR) is 74.1 cm³/mol. The fourth-order valence-electron chi connectivity index (χ4n) is 2.33. The van der Waals surface area contributed by atoms with E-state index in [0.29, 0.717) is 0 Å². The normalized spacial score (nSPS) is 16.1. The molecule has 0 radical (unpaired) electrons. The first-order valence-corrected chi connectivity index (χ1v) is 6.83. The molecule has 6 heteroatoms. The van der Waals surface area contributed by atoms with Gasteiger partial charge in [-0.05, 0) is 12.8 Å². The summed E-state index contributed by atoms with van der Waals surface area (Å²) in [6.07, 6.45) is 7.25. The second kappa shape index (κ2) is 7.67. The number of hydrogen-bond acceptors (Lipinski definition) is 3. The van der Waals surface area contributed by atoms with E-state index in [1.807, 2.05) is 0 Å². The minimum atomic E-state index is -1.18. The highest BCUT2D eigenvalue weighted by Crippen LogP contribution is 2.21. The van der Waals surface area contributed by atoms with E-state index < -0.39 is 11.9 Å². The van der Waals surface area contributed by atoms with Crippen LogP contribution < -0.4 is 0 Å². The van der Waals surface area contributed by atoms with Crippen LogP contribution in [0.5, 0.6) is 0 Å². The summed E-state index contributed by atoms with van der Waals surface area (Å²) in [4.78, 5) is 36.9. The monoisotopic (exact) mass is 282 g/mol. The first-order chi connectivity index (χ1) is 9.41. The number of amides is 2. The fraction of sp³-hybridized carbons (Fsp3) is 0.643. The molecule has 0 bridgehead atoms. The molecular weight excluding hydrogens is 260 g/mol. The molecule has 0 atom stereocenters. The van der Waals surface area contributed by atoms with Gasteiger partial charge in [0.15, 0.2) is 0 Å². The van der Waals surface area contributed by atoms with Gasteiger partial charge in [0.05, 0.1) is 6.54 Å². The highest BCUT2D eigenvalue weighted by molar-refractivity contribution is 5.95. The molecule has 1 fully saturated rings. The van der Waals surface area contributed by atoms with Gasteiger partial charge in [-0.3, -0.25) is 9.59 Å². The fourth-order valence-corrected chi connectivity index (χ4v) is 2.33. The minimum Gasteiger partial charge on any atom is -0.478 e. The number of likely N-dealkylation sites (N-methyl/N-ethyl adjacent to an activating group) is 2. The number of hydrogen-bond donors (Lipinski definition) is 1. The molecule has 1 rings (SSSR count). The zero-order valence-corrected chi connectivity index (χ0v) is 12.0. The molecule has 0 aromatic heterocycles. The number of carboxylic acids is 1. The van der Waals surface area contributed by atoms with Crippen LogP contribution in [-0.4, -0.2) is 59.4 Å². The number of carboxylic acid groups (broad SMARTS) is 1. The van der Waals surface area contributed by atoms with Crippen LogP contribution in [0.25, 0.3) is 0 Å². The molecule has 0 aromatic carbocycles. The second-order valence-corrected chi connectivity index (χ2v) is 5.16. The van der Waals surface area contributed by atoms with E-state index in [4.69, 9.17) is 5.11 Å². The average Bonchev–Trinajstić information content (AvgIpc) is 2.44. The highest BCUT2D eigenvalue weighted by atomic mass is 16.4. The molecular formula is C14H22N2O4. The maximum Gasteiger partial charge on any atom is 0.328 e. The minimum absolute atomic E-state index is 0.0320. The van der Waals surface area contributed by atoms with Crippen LogP contribution in [0, 0.1) is 0 Å². The Kier molecular flexibility index (Phi) is 6.21. The van der Waals surface area contributed by atoms with Crippen LogP contribution in [0.3, 0.4) is 0 Å². The third kappa shape index (κ3) is 5.03. The lowest BCUT2D eigenvalue weighted by molar-refractivity contribution is -0.138. The maximum absolute atomic E-state index is 12.1. The Balaban J connectivity index is 2.47. The SMILES string of the molecule is CN(CC(=O)N(C)C1CCCCC1)C(=O)/C=C/C(=O)O. The van der Waals surface area contributed by atoms with Crippen molar-refractivity contribution in [2.45, 2.75) is 38.1 Å². The molecule has 1 saturated carbocycles. The summed E-state index contributed by atoms with van der Waals surface area (Å²) in [6, 6.07) is 0.259. The Morgan fingerprint density at radius 3 is 2.25 bits per heavy atom. The second-order valence-electron chi connectivity index (χ2n) is 5.16. The van der Waals surface area contributed by atoms with E-state index in [1.54, 1.807) is 11.9 Å². The van der Waals surface area contributed by atoms with Crippen molar-refractivity contribution in [1.29, 1.82) is 0 Å². The summed E-state index contributed by atoms with van der Waals surface area (Å²) in [7, 11) is 3.25. The Labute approximate surface area is 119 Å². The zero-order valence-electron chi connectivity index (χ0n) is 12.0. The lowest BCUT2D eigenvalue weighted by Gasteiger charge is -2.32. The lowest BCUT2D eigenvalue weighted by atomic mass is 9.94. The average molecular weight is 282 g/mol. The molecule has 0 aliphatic heterocycles. The Bertz CT molecular complexity index is 400. The molecule has 1 aliphatic rings. The molecule has 0 spiro atoms. The molecule has 2 amide bonds. The first-order valence-electron chi connectivity index (χ1n) is 6.83. The van der Waals surface area contributed by atoms with Gasteiger partial charge in [0.2, 0.25) is 11.8 Å². The summed E-state index contributed by atoms with van der Waals surface area (Å²) in [5, 5.41) is 8.45. The third-order valence-electron chi connectivity index (χ3n) is 3.63. The van der Waals surface area contributed by atoms with Crippen molar-refractivity contribution >= 4 is 17.8 Å². The van der Waals surface area contributed by atoms with Gasteiger partial charge in [0.1, 0.15) is 0 Å². The van der Waals surface area contributed by atoms with Gasteiger partial charge in [0, 0.05) is 32.3 Å². The molecule has 0 heterocycles. The van der Waals surface area contributed by atoms with E-state index in [0.717, 1.165) is 37.8 Å². The van der Waals surface area contributed by atoms with E-state index >= 15 is 0 Å². The van der Waals surface area contributed by atoms with Gasteiger partial charge in [0.25, 0.3) is 0 Å². The van der Waals surface area contributed by atoms with Crippen molar-refractivity contribution in [1.82, 2.24) is 9.80 Å². The van der Waals surface area contributed by atoms with E-state index in [2.05, 4.69) is 0 Å². The summed E-state index contributed by atoms with van der Waals surface area (Å²) in [6.45, 7) is -0.0320. The topological polar surface area (TPSA) is 77.9 Å². The van der Waals surface area contributed by atoms with E-state index in [-0.39, 0.29) is 18.5 Å². The number of aliphatic carboxylic acids is 1. The van der Waals surface area contributed by atoms with E-state index in [1.165, 1.54) is 18.4 Å². The molecule has 0 unspecified atom stereocenters. The van der Waals surface area contributed by atoms with Crippen molar-refractivity contribution in [2.24, 2.45) is 0 Å². The van der Waals surface area contributed by atoms with Gasteiger partial charge in [-0.1, -0.05) is 19.3 Å². The largest absolute Gasteiger partial charge is 0.478 e. The Hall–Kier alpha value is -1.85. The van der Waals surface area contributed by atoms with Crippen LogP contribution in [0.4, 0.5) is 0 Å². The molecule has 1 aliphatic carbocycles. The smallest absolute Gasteiger partial charge is 0.328 e. The zero-order chi connectivity index (χ0) is 15.1. The van der Waals surface area contributed by atoms with Crippen LogP contribution in [0.2, 0.25) is 0 Å². The van der Waals surface area contributed by atoms with Crippen molar-refractivity contribution in [3.63, 3.8) is 0 Å². The van der Waals surface area contributed by atoms with Crippen molar-refractivity contribution in [3.8, 4) is 0 Å². The summed E-state index contributed by atoms with van der Waals surface area (Å²) < 4.78 is 0. The Morgan fingerprint density at radius 2 is 1.70 bits per heavy atom. The number of carbonyl (C=O) groups excluding carboxylic acids is 2. The Morgan fingerprint density at radius 1 is 1.10 bits per heavy atom. The molecule has 6 nitrogen and oxygen atoms in total. The molecule has 20 heavy (non-hydrogen) atoms. The van der Waals surface area contributed by atoms with Crippen LogP contribution in [-0.2, 0) is 14.4 Å². The molecule has 1 N–H and O–H groups in total. The molecule has 112 valence electrons. The number of nitrogens with zero attached hydrogens (tertiary/aromatic N) is 2. The van der Waals surface area contributed by atoms with Crippen molar-refractivity contribution < 1.29 is 19.5 Å². The molecule has 0 saturated heterocycles. The van der Waals surface area contributed by atoms with Gasteiger partial charge in [-0.25, -0.2) is 4.79 Å². The van der Waals surface area contributed by atoms with Crippen molar-refractivity contribution in [3.05, 3.63) is 12.2 Å². The van der Waals surface area contributed by atoms with Gasteiger partial charge < -0.3 is 14.9 Å². The maximum atomic E-state index is 12.1. The van der Waals surface area contributed by atoms with Gasteiger partial charge in [-0.2, -0.15) is 0 Å². The van der Waals surface area contributed by atoms with Crippen molar-refractivity contribution in [2.75, 3.05) is 20.6 Å². The third-order valence-corrected chi connectivity index (χ3v) is 3.63. The lowest BCUT2D eigenvalue weighted by Crippen LogP contribution is -2.44. The summed E-state index contributed by atoms with van der Waals surface area (Å²) in [5.74, 6) is -1.79. The number of rotatable bonds is 5. The molecule has 0 aromatic rings.